The van der Waals surface area contributed by atoms with Gasteiger partial charge in [-0.15, -0.1) is 0 Å². The van der Waals surface area contributed by atoms with E-state index in [1.165, 1.54) is 20.1 Å². The third-order valence-electron chi connectivity index (χ3n) is 4.64. The van der Waals surface area contributed by atoms with Crippen LogP contribution in [0.3, 0.4) is 0 Å². The molecule has 0 aliphatic heterocycles. The zero-order valence-electron chi connectivity index (χ0n) is 23.3. The fraction of sp³-hybridized carbons (Fsp3) is 0.333. The van der Waals surface area contributed by atoms with Crippen molar-refractivity contribution < 1.29 is 38.5 Å². The maximum Gasteiger partial charge on any atom is 0.337 e. The highest BCUT2D eigenvalue weighted by molar-refractivity contribution is 6.08. The molecule has 0 bridgehead atoms. The van der Waals surface area contributed by atoms with Crippen molar-refractivity contribution in [3.8, 4) is 0 Å². The fourth-order valence-electron chi connectivity index (χ4n) is 2.69. The first kappa shape index (κ1) is 34.9. The van der Waals surface area contributed by atoms with Crippen molar-refractivity contribution >= 4 is 29.8 Å². The molecule has 0 radical (unpaired) electrons. The Balaban J connectivity index is 0.000000820. The van der Waals surface area contributed by atoms with E-state index in [-0.39, 0.29) is 36.2 Å². The van der Waals surface area contributed by atoms with Crippen molar-refractivity contribution in [2.75, 3.05) is 20.3 Å². The van der Waals surface area contributed by atoms with Crippen LogP contribution in [0.15, 0.2) is 85.0 Å². The first-order chi connectivity index (χ1) is 18.4. The van der Waals surface area contributed by atoms with E-state index < -0.39 is 24.2 Å². The maximum atomic E-state index is 12.4. The Bertz CT molecular complexity index is 1070. The van der Waals surface area contributed by atoms with E-state index in [4.69, 9.17) is 9.47 Å². The van der Waals surface area contributed by atoms with Crippen LogP contribution in [-0.4, -0.2) is 60.5 Å². The van der Waals surface area contributed by atoms with Crippen molar-refractivity contribution in [2.45, 2.75) is 40.5 Å². The molecule has 2 amide bonds. The summed E-state index contributed by atoms with van der Waals surface area (Å²) in [6.07, 6.45) is 4.67. The van der Waals surface area contributed by atoms with E-state index in [0.717, 1.165) is 11.6 Å². The molecule has 1 unspecified atom stereocenters. The van der Waals surface area contributed by atoms with Crippen LogP contribution >= 0.6 is 0 Å². The average Bonchev–Trinajstić information content (AvgIpc) is 2.92. The number of amides is 2. The summed E-state index contributed by atoms with van der Waals surface area (Å²) < 4.78 is 14.4. The van der Waals surface area contributed by atoms with Gasteiger partial charge in [0.1, 0.15) is 0 Å². The van der Waals surface area contributed by atoms with Crippen molar-refractivity contribution in [3.05, 3.63) is 90.6 Å². The van der Waals surface area contributed by atoms with E-state index in [1.807, 2.05) is 56.3 Å². The summed E-state index contributed by atoms with van der Waals surface area (Å²) >= 11 is 0. The number of rotatable bonds is 13. The van der Waals surface area contributed by atoms with Gasteiger partial charge in [-0.25, -0.2) is 14.5 Å². The molecule has 1 aromatic rings. The van der Waals surface area contributed by atoms with Gasteiger partial charge in [-0.2, -0.15) is 0 Å². The second kappa shape index (κ2) is 19.1. The molecule has 1 atom stereocenters. The number of carbonyl (C=O) groups excluding carboxylic acids is 4. The molecule has 0 aliphatic rings. The quantitative estimate of drug-likeness (QED) is 0.169. The number of allylic oxidation sites excluding steroid dienone is 1. The number of imide groups is 1. The Morgan fingerprint density at radius 1 is 1.08 bits per heavy atom. The number of aliphatic hydroxyl groups is 1. The van der Waals surface area contributed by atoms with Crippen LogP contribution in [0.25, 0.3) is 6.08 Å². The molecule has 212 valence electrons. The molecule has 0 aliphatic carbocycles. The summed E-state index contributed by atoms with van der Waals surface area (Å²) in [4.78, 5) is 47.3. The maximum absolute atomic E-state index is 12.4. The smallest absolute Gasteiger partial charge is 0.337 e. The molecule has 0 aromatic heterocycles. The van der Waals surface area contributed by atoms with Crippen LogP contribution in [0, 0.1) is 5.92 Å². The van der Waals surface area contributed by atoms with Gasteiger partial charge >= 0.3 is 11.9 Å². The van der Waals surface area contributed by atoms with Crippen LogP contribution in [0.4, 0.5) is 0 Å². The van der Waals surface area contributed by atoms with Crippen molar-refractivity contribution in [3.63, 3.8) is 0 Å². The summed E-state index contributed by atoms with van der Waals surface area (Å²) in [5.41, 5.74) is 1.53. The SMILES string of the molecule is C=C(CC=Cc1ccccc1)C(=O)OC.C=CC(=O)N(C(=O)C(C)=CC(=C)C(=O)OCC)C(O)OCC(C)C. The molecule has 9 heteroatoms. The predicted octanol–water partition coefficient (Wildman–Crippen LogP) is 4.36. The van der Waals surface area contributed by atoms with Crippen molar-refractivity contribution in [1.29, 1.82) is 0 Å². The second-order valence-electron chi connectivity index (χ2n) is 8.46. The van der Waals surface area contributed by atoms with Crippen LogP contribution in [-0.2, 0) is 33.4 Å². The number of benzene rings is 1. The molecule has 0 fully saturated rings. The van der Waals surface area contributed by atoms with Crippen LogP contribution in [0.5, 0.6) is 0 Å². The zero-order valence-corrected chi connectivity index (χ0v) is 23.3. The summed E-state index contributed by atoms with van der Waals surface area (Å²) in [6, 6.07) is 9.89. The third-order valence-corrected chi connectivity index (χ3v) is 4.64. The summed E-state index contributed by atoms with van der Waals surface area (Å²) in [6.45, 7) is 17.5. The van der Waals surface area contributed by atoms with Gasteiger partial charge in [0.2, 0.25) is 6.41 Å². The van der Waals surface area contributed by atoms with E-state index in [0.29, 0.717) is 16.9 Å². The van der Waals surface area contributed by atoms with Crippen molar-refractivity contribution in [2.24, 2.45) is 5.92 Å². The normalized spacial score (nSPS) is 11.6. The predicted molar refractivity (Wildman–Crippen MR) is 150 cm³/mol. The van der Waals surface area contributed by atoms with E-state index in [2.05, 4.69) is 24.5 Å². The van der Waals surface area contributed by atoms with Crippen LogP contribution in [0.1, 0.15) is 39.7 Å². The van der Waals surface area contributed by atoms with E-state index in [9.17, 15) is 24.3 Å². The minimum absolute atomic E-state index is 0.00968. The number of ether oxygens (including phenoxy) is 3. The molecule has 0 heterocycles. The van der Waals surface area contributed by atoms with E-state index >= 15 is 0 Å². The minimum Gasteiger partial charge on any atom is -0.466 e. The highest BCUT2D eigenvalue weighted by atomic mass is 16.6. The van der Waals surface area contributed by atoms with Gasteiger partial charge in [0.05, 0.1) is 25.9 Å². The lowest BCUT2D eigenvalue weighted by Gasteiger charge is -2.25. The van der Waals surface area contributed by atoms with Gasteiger partial charge in [-0.3, -0.25) is 9.59 Å². The van der Waals surface area contributed by atoms with Crippen molar-refractivity contribution in [1.82, 2.24) is 4.90 Å². The molecule has 39 heavy (non-hydrogen) atoms. The molecule has 9 nitrogen and oxygen atoms in total. The standard InChI is InChI=1S/C17H25NO6.C13H14O2/c1-7-14(19)18(17(22)24-10-11(3)4)15(20)12(5)9-13(6)16(21)23-8-2;1-11(13(14)15-2)7-6-10-12-8-4-3-5-9-12/h7,9,11,17,22H,1,6,8,10H2,2-5H3;3-6,8-10H,1,7H2,2H3. The molecule has 0 spiro atoms. The largest absolute Gasteiger partial charge is 0.466 e. The van der Waals surface area contributed by atoms with Gasteiger partial charge in [0.15, 0.2) is 0 Å². The molecule has 0 saturated heterocycles. The summed E-state index contributed by atoms with van der Waals surface area (Å²) in [5.74, 6) is -2.60. The first-order valence-electron chi connectivity index (χ1n) is 12.2. The summed E-state index contributed by atoms with van der Waals surface area (Å²) in [5, 5.41) is 9.98. The number of methoxy groups -OCH3 is 1. The lowest BCUT2D eigenvalue weighted by Crippen LogP contribution is -2.46. The number of carbonyl (C=O) groups is 4. The monoisotopic (exact) mass is 541 g/mol. The van der Waals surface area contributed by atoms with E-state index in [1.54, 1.807) is 6.92 Å². The van der Waals surface area contributed by atoms with Gasteiger partial charge in [-0.1, -0.05) is 76.1 Å². The average molecular weight is 542 g/mol. The summed E-state index contributed by atoms with van der Waals surface area (Å²) in [7, 11) is 1.36. The Labute approximate surface area is 230 Å². The Morgan fingerprint density at radius 3 is 2.21 bits per heavy atom. The topological polar surface area (TPSA) is 119 Å². The number of aliphatic hydroxyl groups excluding tert-OH is 1. The number of nitrogens with zero attached hydrogens (tertiary/aromatic N) is 1. The number of hydrogen-bond donors (Lipinski definition) is 1. The van der Waals surface area contributed by atoms with Crippen LogP contribution < -0.4 is 0 Å². The molecular weight excluding hydrogens is 502 g/mol. The van der Waals surface area contributed by atoms with Gasteiger partial charge in [0, 0.05) is 11.1 Å². The zero-order chi connectivity index (χ0) is 30.0. The molecule has 1 aromatic carbocycles. The Kier molecular flexibility index (Phi) is 17.1. The molecule has 0 saturated carbocycles. The second-order valence-corrected chi connectivity index (χ2v) is 8.46. The molecule has 1 rings (SSSR count). The fourth-order valence-corrected chi connectivity index (χ4v) is 2.69. The Morgan fingerprint density at radius 2 is 1.69 bits per heavy atom. The molecular formula is C30H39NO8. The molecule has 1 N–H and O–H groups in total. The highest BCUT2D eigenvalue weighted by Gasteiger charge is 2.29. The van der Waals surface area contributed by atoms with Gasteiger partial charge in [0.25, 0.3) is 11.8 Å². The number of esters is 2. The number of hydrogen-bond acceptors (Lipinski definition) is 8. The lowest BCUT2D eigenvalue weighted by molar-refractivity contribution is -0.201. The third kappa shape index (κ3) is 13.9. The van der Waals surface area contributed by atoms with Gasteiger partial charge in [-0.05, 0) is 43.9 Å². The Hall–Kier alpha value is -4.08. The first-order valence-corrected chi connectivity index (χ1v) is 12.2. The minimum atomic E-state index is -1.76. The highest BCUT2D eigenvalue weighted by Crippen LogP contribution is 2.12. The van der Waals surface area contributed by atoms with Crippen LogP contribution in [0.2, 0.25) is 0 Å². The van der Waals surface area contributed by atoms with Gasteiger partial charge < -0.3 is 19.3 Å². The lowest BCUT2D eigenvalue weighted by atomic mass is 10.1.